The molecule has 0 bridgehead atoms. The molecule has 25 heavy (non-hydrogen) atoms. The van der Waals surface area contributed by atoms with Gasteiger partial charge in [0.1, 0.15) is 5.75 Å². The van der Waals surface area contributed by atoms with E-state index < -0.39 is 23.8 Å². The van der Waals surface area contributed by atoms with E-state index in [-0.39, 0.29) is 5.75 Å². The van der Waals surface area contributed by atoms with Crippen LogP contribution in [0.5, 0.6) is 5.75 Å². The molecule has 130 valence electrons. The number of aliphatic carboxylic acids is 1. The highest BCUT2D eigenvalue weighted by Crippen LogP contribution is 2.39. The lowest BCUT2D eigenvalue weighted by Crippen LogP contribution is -2.40. The second kappa shape index (κ2) is 6.48. The molecular weight excluding hydrogens is 353 g/mol. The molecule has 0 amide bonds. The fourth-order valence-corrected chi connectivity index (χ4v) is 2.99. The third-order valence-corrected chi connectivity index (χ3v) is 4.56. The fourth-order valence-electron chi connectivity index (χ4n) is 2.58. The van der Waals surface area contributed by atoms with Gasteiger partial charge in [0.25, 0.3) is 0 Å². The molecular formula is C18H13F3O3S. The first-order chi connectivity index (χ1) is 11.8. The molecule has 0 fully saturated rings. The summed E-state index contributed by atoms with van der Waals surface area (Å²) < 4.78 is 44.0. The smallest absolute Gasteiger partial charge is 0.430 e. The molecule has 0 radical (unpaired) electrons. The van der Waals surface area contributed by atoms with E-state index in [9.17, 15) is 18.0 Å². The van der Waals surface area contributed by atoms with Crippen LogP contribution in [0.25, 0.3) is 17.2 Å². The second-order valence-corrected chi connectivity index (χ2v) is 6.31. The summed E-state index contributed by atoms with van der Waals surface area (Å²) in [5.74, 6) is -1.64. The van der Waals surface area contributed by atoms with Crippen molar-refractivity contribution in [3.63, 3.8) is 0 Å². The Morgan fingerprint density at radius 1 is 1.12 bits per heavy atom. The van der Waals surface area contributed by atoms with E-state index in [2.05, 4.69) is 0 Å². The van der Waals surface area contributed by atoms with Gasteiger partial charge in [-0.3, -0.25) is 0 Å². The molecule has 3 nitrogen and oxygen atoms in total. The van der Waals surface area contributed by atoms with Gasteiger partial charge in [-0.15, -0.1) is 11.8 Å². The molecule has 1 N–H and O–H groups in total. The lowest BCUT2D eigenvalue weighted by Gasteiger charge is -2.27. The van der Waals surface area contributed by atoms with Crippen LogP contribution in [0.15, 0.2) is 52.9 Å². The van der Waals surface area contributed by atoms with Crippen molar-refractivity contribution in [2.45, 2.75) is 17.2 Å². The highest BCUT2D eigenvalue weighted by molar-refractivity contribution is 7.98. The Bertz CT molecular complexity index is 842. The van der Waals surface area contributed by atoms with Gasteiger partial charge in [-0.2, -0.15) is 13.2 Å². The SMILES string of the molecule is CSc1ccc(-c2ccc3c(c2)C=C(C(=O)O)C(C(F)(F)F)O3)cc1. The molecule has 0 saturated carbocycles. The van der Waals surface area contributed by atoms with Crippen LogP contribution in [-0.4, -0.2) is 29.6 Å². The summed E-state index contributed by atoms with van der Waals surface area (Å²) in [7, 11) is 0. The van der Waals surface area contributed by atoms with Gasteiger partial charge in [0.05, 0.1) is 5.57 Å². The van der Waals surface area contributed by atoms with Gasteiger partial charge in [-0.1, -0.05) is 18.2 Å². The van der Waals surface area contributed by atoms with Crippen molar-refractivity contribution in [3.8, 4) is 16.9 Å². The van der Waals surface area contributed by atoms with E-state index in [1.165, 1.54) is 6.07 Å². The number of rotatable bonds is 3. The number of fused-ring (bicyclic) bond motifs is 1. The van der Waals surface area contributed by atoms with Crippen LogP contribution in [0.3, 0.4) is 0 Å². The Morgan fingerprint density at radius 2 is 1.76 bits per heavy atom. The third kappa shape index (κ3) is 3.51. The maximum absolute atomic E-state index is 13.0. The first-order valence-corrected chi connectivity index (χ1v) is 8.49. The van der Waals surface area contributed by atoms with Crippen molar-refractivity contribution in [3.05, 3.63) is 53.6 Å². The van der Waals surface area contributed by atoms with Gasteiger partial charge in [0.15, 0.2) is 0 Å². The van der Waals surface area contributed by atoms with Crippen LogP contribution in [0.4, 0.5) is 13.2 Å². The van der Waals surface area contributed by atoms with Gasteiger partial charge >= 0.3 is 12.1 Å². The molecule has 1 unspecified atom stereocenters. The number of hydrogen-bond donors (Lipinski definition) is 1. The largest absolute Gasteiger partial charge is 0.478 e. The Labute approximate surface area is 146 Å². The Morgan fingerprint density at radius 3 is 2.32 bits per heavy atom. The monoisotopic (exact) mass is 366 g/mol. The molecule has 1 aliphatic heterocycles. The average molecular weight is 366 g/mol. The van der Waals surface area contributed by atoms with Gasteiger partial charge in [-0.25, -0.2) is 4.79 Å². The number of hydrogen-bond acceptors (Lipinski definition) is 3. The molecule has 1 heterocycles. The van der Waals surface area contributed by atoms with Gasteiger partial charge in [0.2, 0.25) is 6.10 Å². The number of carboxylic acids is 1. The van der Waals surface area contributed by atoms with E-state index in [4.69, 9.17) is 9.84 Å². The number of benzene rings is 2. The van der Waals surface area contributed by atoms with E-state index in [0.29, 0.717) is 5.56 Å². The minimum Gasteiger partial charge on any atom is -0.478 e. The summed E-state index contributed by atoms with van der Waals surface area (Å²) >= 11 is 1.60. The minimum absolute atomic E-state index is 0.0109. The van der Waals surface area contributed by atoms with Crippen molar-refractivity contribution in [1.82, 2.24) is 0 Å². The van der Waals surface area contributed by atoms with E-state index in [1.807, 2.05) is 30.5 Å². The minimum atomic E-state index is -4.80. The highest BCUT2D eigenvalue weighted by Gasteiger charge is 2.48. The molecule has 0 saturated heterocycles. The molecule has 2 aromatic rings. The molecule has 2 aromatic carbocycles. The Hall–Kier alpha value is -2.41. The van der Waals surface area contributed by atoms with Crippen molar-refractivity contribution in [1.29, 1.82) is 0 Å². The van der Waals surface area contributed by atoms with Crippen LogP contribution in [0, 0.1) is 0 Å². The van der Waals surface area contributed by atoms with E-state index in [1.54, 1.807) is 23.9 Å². The predicted octanol–water partition coefficient (Wildman–Crippen LogP) is 4.87. The van der Waals surface area contributed by atoms with Crippen LogP contribution >= 0.6 is 11.8 Å². The Balaban J connectivity index is 2.02. The van der Waals surface area contributed by atoms with E-state index in [0.717, 1.165) is 22.1 Å². The fraction of sp³-hybridized carbons (Fsp3) is 0.167. The van der Waals surface area contributed by atoms with Crippen LogP contribution < -0.4 is 4.74 Å². The quantitative estimate of drug-likeness (QED) is 0.788. The Kier molecular flexibility index (Phi) is 4.51. The van der Waals surface area contributed by atoms with Crippen LogP contribution in [0.2, 0.25) is 0 Å². The summed E-state index contributed by atoms with van der Waals surface area (Å²) in [5.41, 5.74) is 1.13. The summed E-state index contributed by atoms with van der Waals surface area (Å²) in [6, 6.07) is 12.4. The number of thioether (sulfide) groups is 1. The first kappa shape index (κ1) is 17.4. The normalized spacial score (nSPS) is 16.6. The summed E-state index contributed by atoms with van der Waals surface area (Å²) in [5, 5.41) is 9.09. The van der Waals surface area contributed by atoms with Crippen molar-refractivity contribution in [2.24, 2.45) is 0 Å². The topological polar surface area (TPSA) is 46.5 Å². The highest BCUT2D eigenvalue weighted by atomic mass is 32.2. The summed E-state index contributed by atoms with van der Waals surface area (Å²) in [6.07, 6.45) is -4.28. The van der Waals surface area contributed by atoms with Gasteiger partial charge < -0.3 is 9.84 Å². The summed E-state index contributed by atoms with van der Waals surface area (Å²) in [6.45, 7) is 0. The lowest BCUT2D eigenvalue weighted by molar-refractivity contribution is -0.187. The molecule has 0 aliphatic carbocycles. The first-order valence-electron chi connectivity index (χ1n) is 7.26. The number of halogens is 3. The van der Waals surface area contributed by atoms with Crippen molar-refractivity contribution < 1.29 is 27.8 Å². The van der Waals surface area contributed by atoms with Gasteiger partial charge in [-0.05, 0) is 47.7 Å². The second-order valence-electron chi connectivity index (χ2n) is 5.43. The lowest BCUT2D eigenvalue weighted by atomic mass is 9.97. The zero-order valence-corrected chi connectivity index (χ0v) is 13.8. The predicted molar refractivity (Wildman–Crippen MR) is 89.7 cm³/mol. The molecule has 1 aliphatic rings. The van der Waals surface area contributed by atoms with Crippen LogP contribution in [0.1, 0.15) is 5.56 Å². The molecule has 0 aromatic heterocycles. The van der Waals surface area contributed by atoms with Crippen LogP contribution in [-0.2, 0) is 4.79 Å². The van der Waals surface area contributed by atoms with Gasteiger partial charge in [0, 0.05) is 10.5 Å². The molecule has 0 spiro atoms. The standard InChI is InChI=1S/C18H13F3O3S/c1-25-13-5-2-10(3-6-13)11-4-7-15-12(8-11)9-14(17(22)23)16(24-15)18(19,20)21/h2-9,16H,1H3,(H,22,23). The summed E-state index contributed by atoms with van der Waals surface area (Å²) in [4.78, 5) is 12.3. The van der Waals surface area contributed by atoms with E-state index >= 15 is 0 Å². The maximum Gasteiger partial charge on any atom is 0.430 e. The molecule has 7 heteroatoms. The maximum atomic E-state index is 13.0. The number of ether oxygens (including phenoxy) is 1. The number of carboxylic acid groups (broad SMARTS) is 1. The zero-order chi connectivity index (χ0) is 18.2. The molecule has 3 rings (SSSR count). The third-order valence-electron chi connectivity index (χ3n) is 3.82. The molecule has 1 atom stereocenters. The van der Waals surface area contributed by atoms with Crippen molar-refractivity contribution in [2.75, 3.05) is 6.26 Å². The zero-order valence-electron chi connectivity index (χ0n) is 13.0. The average Bonchev–Trinajstić information content (AvgIpc) is 2.59. The number of carbonyl (C=O) groups is 1. The number of alkyl halides is 3. The van der Waals surface area contributed by atoms with Crippen molar-refractivity contribution >= 4 is 23.8 Å².